The molecular formula is C38H49N3NiO9+2. The molecule has 13 heteroatoms. The molecule has 0 aromatic heterocycles. The van der Waals surface area contributed by atoms with Crippen LogP contribution in [0.15, 0.2) is 121 Å². The third-order valence-electron chi connectivity index (χ3n) is 6.55. The Labute approximate surface area is 309 Å². The van der Waals surface area contributed by atoms with Crippen molar-refractivity contribution >= 4 is 24.1 Å². The van der Waals surface area contributed by atoms with Gasteiger partial charge in [0.1, 0.15) is 24.7 Å². The summed E-state index contributed by atoms with van der Waals surface area (Å²) in [6.45, 7) is 6.43. The first kappa shape index (κ1) is 48.3. The summed E-state index contributed by atoms with van der Waals surface area (Å²) >= 11 is 0. The van der Waals surface area contributed by atoms with Crippen LogP contribution in [0.1, 0.15) is 22.3 Å². The minimum absolute atomic E-state index is 0. The minimum Gasteiger partial charge on any atom is -0.545 e. The van der Waals surface area contributed by atoms with Crippen molar-refractivity contribution in [2.75, 3.05) is 39.4 Å². The predicted molar refractivity (Wildman–Crippen MR) is 194 cm³/mol. The molecule has 0 saturated heterocycles. The fraction of sp³-hybridized carbons (Fsp3) is 0.211. The Morgan fingerprint density at radius 2 is 0.863 bits per heavy atom. The summed E-state index contributed by atoms with van der Waals surface area (Å²) in [7, 11) is 0. The second-order valence-electron chi connectivity index (χ2n) is 10.1. The zero-order valence-electron chi connectivity index (χ0n) is 28.3. The van der Waals surface area contributed by atoms with Crippen LogP contribution in [0.4, 0.5) is 0 Å². The Balaban J connectivity index is 0. The summed E-state index contributed by atoms with van der Waals surface area (Å²) in [6, 6.07) is 34.7. The molecule has 0 fully saturated rings. The Hall–Kier alpha value is -4.85. The van der Waals surface area contributed by atoms with Crippen molar-refractivity contribution in [3.8, 4) is 11.5 Å². The van der Waals surface area contributed by atoms with Gasteiger partial charge in [-0.15, -0.1) is 0 Å². The fourth-order valence-corrected chi connectivity index (χ4v) is 4.27. The number of benzene rings is 4. The molecule has 0 bridgehead atoms. The van der Waals surface area contributed by atoms with Crippen LogP contribution in [0, 0.1) is 0 Å². The zero-order valence-corrected chi connectivity index (χ0v) is 29.3. The van der Waals surface area contributed by atoms with E-state index in [1.807, 2.05) is 97.1 Å². The van der Waals surface area contributed by atoms with Crippen LogP contribution in [0.25, 0.3) is 12.2 Å². The van der Waals surface area contributed by atoms with Crippen LogP contribution in [0.5, 0.6) is 11.5 Å². The number of fused-ring (bicyclic) bond motifs is 2. The minimum atomic E-state index is -1.17. The molecular weight excluding hydrogens is 701 g/mol. The van der Waals surface area contributed by atoms with Crippen molar-refractivity contribution in [3.63, 3.8) is 0 Å². The zero-order chi connectivity index (χ0) is 33.4. The number of carbonyl (C=O) groups excluding carboxylic acids is 2. The first-order valence-corrected chi connectivity index (χ1v) is 15.4. The van der Waals surface area contributed by atoms with E-state index in [-0.39, 0.29) is 32.9 Å². The molecule has 51 heavy (non-hydrogen) atoms. The van der Waals surface area contributed by atoms with Gasteiger partial charge in [0.05, 0.1) is 11.9 Å². The third-order valence-corrected chi connectivity index (χ3v) is 6.55. The number of carbonyl (C=O) groups is 2. The largest absolute Gasteiger partial charge is 2.00 e. The molecule has 0 radical (unpaired) electrons. The monoisotopic (exact) mass is 749 g/mol. The number of carboxylic acids is 2. The van der Waals surface area contributed by atoms with E-state index in [0.29, 0.717) is 13.2 Å². The normalized spacial score (nSPS) is 12.9. The van der Waals surface area contributed by atoms with Gasteiger partial charge in [-0.25, -0.2) is 0 Å². The Morgan fingerprint density at radius 1 is 0.529 bits per heavy atom. The standard InChI is InChI=1S/C20H27N3O2.2C9H8O2.Ni.3H2O/c1-3-7-19-17(5-1)15-22-11-9-21-10-12-23-16-18-6-2-4-8-20(18)25-14-13-24-19;2*10-9(11)7-6-8-4-2-1-3-5-8;;;;/h1-8,21-23H,9-16H2;2*1-7H,(H,10,11);;3*1H2/q;;;+2;;;/b;2*7-6+;;;;. The van der Waals surface area contributed by atoms with E-state index in [2.05, 4.69) is 28.1 Å². The van der Waals surface area contributed by atoms with Crippen LogP contribution in [0.3, 0.4) is 0 Å². The van der Waals surface area contributed by atoms with Crippen molar-refractivity contribution in [3.05, 3.63) is 144 Å². The van der Waals surface area contributed by atoms with Crippen LogP contribution >= 0.6 is 0 Å². The summed E-state index contributed by atoms with van der Waals surface area (Å²) in [6.07, 6.45) is 5.01. The topological polar surface area (TPSA) is 232 Å². The molecule has 0 saturated carbocycles. The summed E-state index contributed by atoms with van der Waals surface area (Å²) in [5, 5.41) is 30.3. The number of hydrogen-bond acceptors (Lipinski definition) is 9. The molecule has 1 heterocycles. The van der Waals surface area contributed by atoms with Gasteiger partial charge in [-0.1, -0.05) is 109 Å². The van der Waals surface area contributed by atoms with Crippen molar-refractivity contribution in [2.24, 2.45) is 0 Å². The molecule has 1 aliphatic heterocycles. The summed E-state index contributed by atoms with van der Waals surface area (Å²) in [4.78, 5) is 19.9. The number of nitrogens with one attached hydrogen (secondary N) is 3. The first-order valence-electron chi connectivity index (χ1n) is 15.4. The average Bonchev–Trinajstić information content (AvgIpc) is 3.10. The molecule has 278 valence electrons. The van der Waals surface area contributed by atoms with Gasteiger partial charge in [0.2, 0.25) is 0 Å². The van der Waals surface area contributed by atoms with Crippen LogP contribution in [0.2, 0.25) is 0 Å². The smallest absolute Gasteiger partial charge is 0.545 e. The van der Waals surface area contributed by atoms with Gasteiger partial charge in [-0.2, -0.15) is 0 Å². The maximum atomic E-state index is 9.97. The second kappa shape index (κ2) is 30.0. The van der Waals surface area contributed by atoms with Crippen molar-refractivity contribution in [1.82, 2.24) is 16.0 Å². The number of ether oxygens (including phenoxy) is 2. The SMILES string of the molecule is O.O=C([O-])/C=C/c1ccccc1.O=C([O-])/C=C/c1ccccc1.[Ni+2].[OH3+].[OH3+].c1ccc2c(c1)CNCCNCCNCc1ccccc1OCCO2. The maximum Gasteiger partial charge on any atom is 2.00 e. The van der Waals surface area contributed by atoms with E-state index in [4.69, 9.17) is 9.47 Å². The van der Waals surface area contributed by atoms with E-state index in [9.17, 15) is 19.8 Å². The van der Waals surface area contributed by atoms with Gasteiger partial charge < -0.3 is 61.7 Å². The van der Waals surface area contributed by atoms with Crippen molar-refractivity contribution in [2.45, 2.75) is 13.1 Å². The third kappa shape index (κ3) is 21.8. The van der Waals surface area contributed by atoms with E-state index >= 15 is 0 Å². The van der Waals surface area contributed by atoms with E-state index in [1.165, 1.54) is 23.3 Å². The Morgan fingerprint density at radius 3 is 1.24 bits per heavy atom. The molecule has 5 rings (SSSR count). The van der Waals surface area contributed by atoms with Gasteiger partial charge in [-0.05, 0) is 35.4 Å². The van der Waals surface area contributed by atoms with Gasteiger partial charge in [-0.3, -0.25) is 0 Å². The number of hydrogen-bond donors (Lipinski definition) is 3. The molecule has 12 nitrogen and oxygen atoms in total. The maximum absolute atomic E-state index is 9.97. The second-order valence-corrected chi connectivity index (χ2v) is 10.1. The van der Waals surface area contributed by atoms with Gasteiger partial charge in [0.15, 0.2) is 0 Å². The Bertz CT molecular complexity index is 1430. The summed E-state index contributed by atoms with van der Waals surface area (Å²) in [5.74, 6) is -0.501. The quantitative estimate of drug-likeness (QED) is 0.146. The number of carboxylic acid groups (broad SMARTS) is 2. The molecule has 0 amide bonds. The van der Waals surface area contributed by atoms with Crippen LogP contribution in [-0.2, 0) is 50.1 Å². The van der Waals surface area contributed by atoms with E-state index in [0.717, 1.165) is 74.0 Å². The molecule has 11 N–H and O–H groups in total. The molecule has 0 spiro atoms. The fourth-order valence-electron chi connectivity index (χ4n) is 4.27. The van der Waals surface area contributed by atoms with Crippen LogP contribution < -0.4 is 35.6 Å². The van der Waals surface area contributed by atoms with Gasteiger partial charge in [0.25, 0.3) is 0 Å². The number of rotatable bonds is 4. The van der Waals surface area contributed by atoms with Crippen molar-refractivity contribution < 1.29 is 62.2 Å². The number of para-hydroxylation sites is 2. The van der Waals surface area contributed by atoms with Gasteiger partial charge >= 0.3 is 16.5 Å². The first-order chi connectivity index (χ1) is 23.0. The molecule has 1 aliphatic rings. The van der Waals surface area contributed by atoms with Crippen LogP contribution in [-0.4, -0.2) is 56.8 Å². The molecule has 0 atom stereocenters. The van der Waals surface area contributed by atoms with E-state index < -0.39 is 11.9 Å². The van der Waals surface area contributed by atoms with E-state index in [1.54, 1.807) is 0 Å². The molecule has 0 unspecified atom stereocenters. The predicted octanol–water partition coefficient (Wildman–Crippen LogP) is 0.155. The molecule has 4 aromatic carbocycles. The average molecular weight is 751 g/mol. The van der Waals surface area contributed by atoms with Gasteiger partial charge in [0, 0.05) is 50.4 Å². The molecule has 0 aliphatic carbocycles. The summed E-state index contributed by atoms with van der Waals surface area (Å²) in [5.41, 5.74) is 4.07. The summed E-state index contributed by atoms with van der Waals surface area (Å²) < 4.78 is 11.9. The molecule has 4 aromatic rings. The number of aliphatic carboxylic acids is 2. The Kier molecular flexibility index (Phi) is 28.4. The van der Waals surface area contributed by atoms with Crippen molar-refractivity contribution in [1.29, 1.82) is 0 Å².